The zero-order chi connectivity index (χ0) is 7.11. The predicted molar refractivity (Wildman–Crippen MR) is 42.8 cm³/mol. The van der Waals surface area contributed by atoms with Crippen molar-refractivity contribution in [3.8, 4) is 0 Å². The standard InChI is InChI=1S/C3H3NS.ClH.H3O3P/c1-2-5-3-4-1;;1-4(2)3/h1-3H;1H;4H,(H2,1,2,3). The van der Waals surface area contributed by atoms with Crippen LogP contribution in [0.5, 0.6) is 0 Å². The molecule has 1 heterocycles. The van der Waals surface area contributed by atoms with E-state index in [4.69, 9.17) is 14.4 Å². The molecule has 0 atom stereocenters. The zero-order valence-corrected chi connectivity index (χ0v) is 7.43. The SMILES string of the molecule is Cl.O=[PH](O)O.c1cscn1. The third kappa shape index (κ3) is 15.7. The monoisotopic (exact) mass is 203 g/mol. The van der Waals surface area contributed by atoms with Crippen LogP contribution in [0.4, 0.5) is 0 Å². The fraction of sp³-hybridized carbons (Fsp3) is 0. The van der Waals surface area contributed by atoms with Gasteiger partial charge in [-0.1, -0.05) is 0 Å². The van der Waals surface area contributed by atoms with Crippen LogP contribution in [-0.2, 0) is 4.57 Å². The van der Waals surface area contributed by atoms with Crippen LogP contribution in [-0.4, -0.2) is 14.8 Å². The number of hydrogen-bond acceptors (Lipinski definition) is 3. The van der Waals surface area contributed by atoms with Gasteiger partial charge in [0.05, 0.1) is 5.51 Å². The minimum Gasteiger partial charge on any atom is -0.326 e. The average Bonchev–Trinajstić information content (AvgIpc) is 2.11. The second kappa shape index (κ2) is 9.07. The van der Waals surface area contributed by atoms with Crippen LogP contribution < -0.4 is 0 Å². The normalized spacial score (nSPS) is 7.50. The molecule has 0 saturated heterocycles. The third-order valence-electron chi connectivity index (χ3n) is 0.347. The lowest BCUT2D eigenvalue weighted by Crippen LogP contribution is -1.38. The van der Waals surface area contributed by atoms with Crippen LogP contribution >= 0.6 is 32.0 Å². The van der Waals surface area contributed by atoms with E-state index in [1.165, 1.54) is 0 Å². The molecule has 0 aromatic carbocycles. The Balaban J connectivity index is 0. The average molecular weight is 204 g/mol. The molecule has 0 fully saturated rings. The predicted octanol–water partition coefficient (Wildman–Crippen LogP) is 0.926. The van der Waals surface area contributed by atoms with Crippen molar-refractivity contribution in [3.63, 3.8) is 0 Å². The molecule has 0 unspecified atom stereocenters. The summed E-state index contributed by atoms with van der Waals surface area (Å²) in [6.45, 7) is 0. The highest BCUT2D eigenvalue weighted by molar-refractivity contribution is 7.30. The molecule has 1 rings (SSSR count). The van der Waals surface area contributed by atoms with E-state index in [0.29, 0.717) is 0 Å². The molecule has 7 heteroatoms. The van der Waals surface area contributed by atoms with Crippen molar-refractivity contribution in [2.75, 3.05) is 0 Å². The van der Waals surface area contributed by atoms with Crippen molar-refractivity contribution in [2.45, 2.75) is 0 Å². The van der Waals surface area contributed by atoms with Crippen molar-refractivity contribution in [3.05, 3.63) is 17.1 Å². The van der Waals surface area contributed by atoms with Gasteiger partial charge in [0.2, 0.25) is 0 Å². The van der Waals surface area contributed by atoms with E-state index in [9.17, 15) is 0 Å². The van der Waals surface area contributed by atoms with Gasteiger partial charge in [0.25, 0.3) is 0 Å². The van der Waals surface area contributed by atoms with Gasteiger partial charge in [-0.2, -0.15) is 0 Å². The van der Waals surface area contributed by atoms with Gasteiger partial charge in [0, 0.05) is 11.6 Å². The first-order valence-corrected chi connectivity index (χ1v) is 4.22. The molecule has 1 aromatic rings. The quantitative estimate of drug-likeness (QED) is 0.616. The van der Waals surface area contributed by atoms with E-state index in [2.05, 4.69) is 4.98 Å². The van der Waals surface area contributed by atoms with Gasteiger partial charge < -0.3 is 9.79 Å². The van der Waals surface area contributed by atoms with Gasteiger partial charge in [-0.05, 0) is 0 Å². The molecule has 0 aliphatic heterocycles. The lowest BCUT2D eigenvalue weighted by atomic mass is 11.0. The second-order valence-electron chi connectivity index (χ2n) is 0.958. The summed E-state index contributed by atoms with van der Waals surface area (Å²) in [4.78, 5) is 18.1. The summed E-state index contributed by atoms with van der Waals surface area (Å²) in [5.41, 5.74) is 1.79. The van der Waals surface area contributed by atoms with Gasteiger partial charge in [0.15, 0.2) is 0 Å². The Bertz CT molecular complexity index is 138. The molecular formula is C3H7ClNO3PS. The van der Waals surface area contributed by atoms with Gasteiger partial charge in [-0.25, -0.2) is 0 Å². The fourth-order valence-corrected chi connectivity index (χ4v) is 0.527. The molecule has 0 bridgehead atoms. The third-order valence-corrected chi connectivity index (χ3v) is 0.869. The highest BCUT2D eigenvalue weighted by atomic mass is 35.5. The Kier molecular flexibility index (Phi) is 11.5. The lowest BCUT2D eigenvalue weighted by molar-refractivity contribution is 0.405. The van der Waals surface area contributed by atoms with E-state index in [0.717, 1.165) is 0 Å². The van der Waals surface area contributed by atoms with E-state index < -0.39 is 8.25 Å². The molecule has 0 radical (unpaired) electrons. The first-order chi connectivity index (χ1) is 4.23. The van der Waals surface area contributed by atoms with Crippen LogP contribution in [0.2, 0.25) is 0 Å². The Morgan fingerprint density at radius 2 is 2.00 bits per heavy atom. The van der Waals surface area contributed by atoms with Crippen LogP contribution in [0.15, 0.2) is 17.1 Å². The first-order valence-electron chi connectivity index (χ1n) is 1.97. The number of nitrogens with zero attached hydrogens (tertiary/aromatic N) is 1. The molecule has 10 heavy (non-hydrogen) atoms. The highest BCUT2D eigenvalue weighted by Gasteiger charge is 1.61. The van der Waals surface area contributed by atoms with E-state index in [-0.39, 0.29) is 12.4 Å². The Morgan fingerprint density at radius 3 is 2.10 bits per heavy atom. The molecule has 4 nitrogen and oxygen atoms in total. The fourth-order valence-electron chi connectivity index (χ4n) is 0.176. The molecule has 2 N–H and O–H groups in total. The number of thiazole rings is 1. The summed E-state index contributed by atoms with van der Waals surface area (Å²) >= 11 is 1.60. The highest BCUT2D eigenvalue weighted by Crippen LogP contribution is 1.98. The summed E-state index contributed by atoms with van der Waals surface area (Å²) in [5, 5.41) is 1.93. The van der Waals surface area contributed by atoms with Crippen LogP contribution in [0.3, 0.4) is 0 Å². The van der Waals surface area contributed by atoms with E-state index in [1.807, 2.05) is 5.38 Å². The lowest BCUT2D eigenvalue weighted by Gasteiger charge is -1.61. The maximum Gasteiger partial charge on any atom is 0.314 e. The summed E-state index contributed by atoms with van der Waals surface area (Å²) in [7, 11) is -3.13. The number of hydrogen-bond donors (Lipinski definition) is 2. The molecule has 0 amide bonds. The first kappa shape index (κ1) is 12.7. The molecule has 0 spiro atoms. The van der Waals surface area contributed by atoms with E-state index in [1.54, 1.807) is 23.0 Å². The molecule has 1 aromatic heterocycles. The maximum atomic E-state index is 8.74. The minimum absolute atomic E-state index is 0. The van der Waals surface area contributed by atoms with Crippen LogP contribution in [0, 0.1) is 0 Å². The topological polar surface area (TPSA) is 70.4 Å². The van der Waals surface area contributed by atoms with Crippen molar-refractivity contribution < 1.29 is 14.4 Å². The summed E-state index contributed by atoms with van der Waals surface area (Å²) in [6.07, 6.45) is 1.77. The van der Waals surface area contributed by atoms with E-state index >= 15 is 0 Å². The molecule has 0 saturated carbocycles. The Morgan fingerprint density at radius 1 is 1.50 bits per heavy atom. The molecule has 60 valence electrons. The van der Waals surface area contributed by atoms with Gasteiger partial charge in [0.1, 0.15) is 0 Å². The summed E-state index contributed by atoms with van der Waals surface area (Å²) in [5.74, 6) is 0. The van der Waals surface area contributed by atoms with Crippen molar-refractivity contribution >= 4 is 32.0 Å². The largest absolute Gasteiger partial charge is 0.326 e. The zero-order valence-electron chi connectivity index (χ0n) is 4.80. The van der Waals surface area contributed by atoms with Crippen molar-refractivity contribution in [1.82, 2.24) is 4.98 Å². The van der Waals surface area contributed by atoms with Crippen molar-refractivity contribution in [1.29, 1.82) is 0 Å². The van der Waals surface area contributed by atoms with Crippen molar-refractivity contribution in [2.24, 2.45) is 0 Å². The summed E-state index contributed by atoms with van der Waals surface area (Å²) in [6, 6.07) is 0. The van der Waals surface area contributed by atoms with Gasteiger partial charge in [-0.15, -0.1) is 23.7 Å². The Hall–Kier alpha value is 0.0700. The summed E-state index contributed by atoms with van der Waals surface area (Å²) < 4.78 is 8.74. The van der Waals surface area contributed by atoms with Crippen LogP contribution in [0.25, 0.3) is 0 Å². The molecule has 0 aliphatic carbocycles. The van der Waals surface area contributed by atoms with Crippen LogP contribution in [0.1, 0.15) is 0 Å². The number of aromatic nitrogens is 1. The number of halogens is 1. The molecule has 0 aliphatic rings. The Labute approximate surface area is 68.9 Å². The smallest absolute Gasteiger partial charge is 0.314 e. The maximum absolute atomic E-state index is 8.74. The van der Waals surface area contributed by atoms with Gasteiger partial charge in [-0.3, -0.25) is 9.55 Å². The van der Waals surface area contributed by atoms with Gasteiger partial charge >= 0.3 is 8.25 Å². The second-order valence-corrected chi connectivity index (χ2v) is 2.28. The number of rotatable bonds is 0. The minimum atomic E-state index is -3.13. The molecular weight excluding hydrogens is 197 g/mol.